The topological polar surface area (TPSA) is 73.9 Å². The summed E-state index contributed by atoms with van der Waals surface area (Å²) in [4.78, 5) is 11.1. The van der Waals surface area contributed by atoms with Gasteiger partial charge in [0.1, 0.15) is 5.82 Å². The van der Waals surface area contributed by atoms with Gasteiger partial charge in [0.05, 0.1) is 18.1 Å². The van der Waals surface area contributed by atoms with Crippen LogP contribution in [-0.2, 0) is 0 Å². The van der Waals surface area contributed by atoms with Gasteiger partial charge in [-0.05, 0) is 12.1 Å². The van der Waals surface area contributed by atoms with Crippen LogP contribution in [0.25, 0.3) is 11.3 Å². The zero-order valence-corrected chi connectivity index (χ0v) is 8.85. The number of pyridine rings is 1. The minimum absolute atomic E-state index is 0.219. The molecule has 0 aliphatic heterocycles. The van der Waals surface area contributed by atoms with Gasteiger partial charge < -0.3 is 10.5 Å². The van der Waals surface area contributed by atoms with Gasteiger partial charge in [-0.1, -0.05) is 0 Å². The van der Waals surface area contributed by atoms with E-state index in [0.717, 1.165) is 12.4 Å². The quantitative estimate of drug-likeness (QED) is 0.889. The van der Waals surface area contributed by atoms with Gasteiger partial charge in [0.2, 0.25) is 5.88 Å². The second-order valence-corrected chi connectivity index (χ2v) is 3.22. The van der Waals surface area contributed by atoms with Gasteiger partial charge in [0.25, 0.3) is 0 Å². The number of hydrogen-bond donors (Lipinski definition) is 1. The lowest BCUT2D eigenvalue weighted by atomic mass is 10.2. The maximum atomic E-state index is 11.9. The van der Waals surface area contributed by atoms with E-state index in [0.29, 0.717) is 11.3 Å². The number of ether oxygens (including phenoxy) is 1. The van der Waals surface area contributed by atoms with Crippen molar-refractivity contribution in [3.8, 4) is 17.1 Å². The molecule has 2 N–H and O–H groups in total. The Labute approximate surface area is 99.5 Å². The Morgan fingerprint density at radius 2 is 1.89 bits per heavy atom. The molecule has 2 aromatic rings. The van der Waals surface area contributed by atoms with Gasteiger partial charge in [-0.25, -0.2) is 15.0 Å². The summed E-state index contributed by atoms with van der Waals surface area (Å²) < 4.78 is 39.3. The number of anilines is 1. The number of nitrogens with zero attached hydrogens (tertiary/aromatic N) is 3. The second-order valence-electron chi connectivity index (χ2n) is 3.22. The third-order valence-electron chi connectivity index (χ3n) is 1.96. The molecular formula is C10H7F3N4O. The van der Waals surface area contributed by atoms with Crippen molar-refractivity contribution in [2.45, 2.75) is 6.36 Å². The monoisotopic (exact) mass is 256 g/mol. The predicted molar refractivity (Wildman–Crippen MR) is 56.4 cm³/mol. The van der Waals surface area contributed by atoms with Crippen LogP contribution in [0.4, 0.5) is 19.0 Å². The first-order valence-corrected chi connectivity index (χ1v) is 4.74. The van der Waals surface area contributed by atoms with Crippen LogP contribution in [0.3, 0.4) is 0 Å². The van der Waals surface area contributed by atoms with Crippen molar-refractivity contribution in [2.75, 3.05) is 5.73 Å². The molecule has 0 atom stereocenters. The number of aromatic nitrogens is 3. The number of halogens is 3. The SMILES string of the molecule is Nc1ncccc1-c1cnc(OC(F)(F)F)cn1. The Hall–Kier alpha value is -2.38. The van der Waals surface area contributed by atoms with Crippen LogP contribution in [0.1, 0.15) is 0 Å². The fraction of sp³-hybridized carbons (Fsp3) is 0.100. The van der Waals surface area contributed by atoms with Crippen molar-refractivity contribution in [3.05, 3.63) is 30.7 Å². The minimum atomic E-state index is -4.79. The summed E-state index contributed by atoms with van der Waals surface area (Å²) in [6, 6.07) is 3.27. The first-order valence-electron chi connectivity index (χ1n) is 4.74. The molecule has 0 spiro atoms. The van der Waals surface area contributed by atoms with Crippen LogP contribution in [-0.4, -0.2) is 21.3 Å². The highest BCUT2D eigenvalue weighted by atomic mass is 19.4. The summed E-state index contributed by atoms with van der Waals surface area (Å²) in [5.41, 5.74) is 6.41. The van der Waals surface area contributed by atoms with E-state index in [1.54, 1.807) is 12.1 Å². The van der Waals surface area contributed by atoms with E-state index in [1.807, 2.05) is 0 Å². The second kappa shape index (κ2) is 4.47. The molecule has 8 heteroatoms. The molecule has 18 heavy (non-hydrogen) atoms. The molecule has 0 fully saturated rings. The number of nitrogen functional groups attached to an aromatic ring is 1. The van der Waals surface area contributed by atoms with Gasteiger partial charge in [0, 0.05) is 11.8 Å². The molecule has 0 saturated heterocycles. The lowest BCUT2D eigenvalue weighted by Gasteiger charge is -2.08. The fourth-order valence-electron chi connectivity index (χ4n) is 1.26. The zero-order valence-electron chi connectivity index (χ0n) is 8.85. The van der Waals surface area contributed by atoms with Crippen molar-refractivity contribution in [2.24, 2.45) is 0 Å². The molecule has 0 aliphatic rings. The smallest absolute Gasteiger partial charge is 0.386 e. The molecular weight excluding hydrogens is 249 g/mol. The fourth-order valence-corrected chi connectivity index (χ4v) is 1.26. The summed E-state index contributed by atoms with van der Waals surface area (Å²) in [6.07, 6.45) is -1.29. The third-order valence-corrected chi connectivity index (χ3v) is 1.96. The van der Waals surface area contributed by atoms with Crippen LogP contribution in [0.2, 0.25) is 0 Å². The van der Waals surface area contributed by atoms with Crippen molar-refractivity contribution in [1.29, 1.82) is 0 Å². The molecule has 94 valence electrons. The van der Waals surface area contributed by atoms with Crippen LogP contribution in [0.5, 0.6) is 5.88 Å². The van der Waals surface area contributed by atoms with E-state index in [4.69, 9.17) is 5.73 Å². The summed E-state index contributed by atoms with van der Waals surface area (Å²) >= 11 is 0. The maximum absolute atomic E-state index is 11.9. The first kappa shape index (κ1) is 12.1. The average molecular weight is 256 g/mol. The molecule has 0 aliphatic carbocycles. The van der Waals surface area contributed by atoms with Crippen LogP contribution < -0.4 is 10.5 Å². The first-order chi connectivity index (χ1) is 8.46. The van der Waals surface area contributed by atoms with E-state index < -0.39 is 12.2 Å². The molecule has 2 heterocycles. The Kier molecular flexibility index (Phi) is 3.00. The van der Waals surface area contributed by atoms with Gasteiger partial charge in [-0.2, -0.15) is 0 Å². The molecule has 0 unspecified atom stereocenters. The molecule has 0 radical (unpaired) electrons. The van der Waals surface area contributed by atoms with E-state index >= 15 is 0 Å². The van der Waals surface area contributed by atoms with E-state index in [-0.39, 0.29) is 5.82 Å². The van der Waals surface area contributed by atoms with Crippen LogP contribution in [0.15, 0.2) is 30.7 Å². The number of alkyl halides is 3. The summed E-state index contributed by atoms with van der Waals surface area (Å²) in [6.45, 7) is 0. The zero-order chi connectivity index (χ0) is 13.2. The summed E-state index contributed by atoms with van der Waals surface area (Å²) in [5.74, 6) is -0.412. The predicted octanol–water partition coefficient (Wildman–Crippen LogP) is 2.02. The van der Waals surface area contributed by atoms with E-state index in [2.05, 4.69) is 19.7 Å². The normalized spacial score (nSPS) is 11.3. The molecule has 2 rings (SSSR count). The number of nitrogens with two attached hydrogens (primary N) is 1. The lowest BCUT2D eigenvalue weighted by Crippen LogP contribution is -2.18. The third kappa shape index (κ3) is 2.84. The van der Waals surface area contributed by atoms with Crippen LogP contribution in [0, 0.1) is 0 Å². The molecule has 5 nitrogen and oxygen atoms in total. The van der Waals surface area contributed by atoms with Gasteiger partial charge in [-0.3, -0.25) is 0 Å². The van der Waals surface area contributed by atoms with Crippen LogP contribution >= 0.6 is 0 Å². The van der Waals surface area contributed by atoms with E-state index in [9.17, 15) is 13.2 Å². The van der Waals surface area contributed by atoms with Crippen molar-refractivity contribution in [1.82, 2.24) is 15.0 Å². The van der Waals surface area contributed by atoms with E-state index in [1.165, 1.54) is 6.20 Å². The molecule has 0 saturated carbocycles. The maximum Gasteiger partial charge on any atom is 0.574 e. The Balaban J connectivity index is 2.26. The highest BCUT2D eigenvalue weighted by Gasteiger charge is 2.31. The lowest BCUT2D eigenvalue weighted by molar-refractivity contribution is -0.276. The Bertz CT molecular complexity index is 542. The largest absolute Gasteiger partial charge is 0.574 e. The average Bonchev–Trinajstić information content (AvgIpc) is 2.29. The van der Waals surface area contributed by atoms with Crippen molar-refractivity contribution in [3.63, 3.8) is 0 Å². The van der Waals surface area contributed by atoms with Gasteiger partial charge >= 0.3 is 6.36 Å². The molecule has 2 aromatic heterocycles. The Morgan fingerprint density at radius 3 is 2.44 bits per heavy atom. The summed E-state index contributed by atoms with van der Waals surface area (Å²) in [5, 5.41) is 0. The minimum Gasteiger partial charge on any atom is -0.386 e. The Morgan fingerprint density at radius 1 is 1.11 bits per heavy atom. The number of rotatable bonds is 2. The van der Waals surface area contributed by atoms with Gasteiger partial charge in [0.15, 0.2) is 0 Å². The van der Waals surface area contributed by atoms with Crippen molar-refractivity contribution < 1.29 is 17.9 Å². The standard InChI is InChI=1S/C10H7F3N4O/c11-10(12,13)18-8-5-16-7(4-17-8)6-2-1-3-15-9(6)14/h1-5H,(H2,14,15). The molecule has 0 amide bonds. The van der Waals surface area contributed by atoms with Gasteiger partial charge in [-0.15, -0.1) is 13.2 Å². The molecule has 0 bridgehead atoms. The highest BCUT2D eigenvalue weighted by molar-refractivity contribution is 5.69. The highest BCUT2D eigenvalue weighted by Crippen LogP contribution is 2.24. The summed E-state index contributed by atoms with van der Waals surface area (Å²) in [7, 11) is 0. The number of hydrogen-bond acceptors (Lipinski definition) is 5. The van der Waals surface area contributed by atoms with Crippen molar-refractivity contribution >= 4 is 5.82 Å². The molecule has 0 aromatic carbocycles.